The number of benzene rings is 2. The van der Waals surface area contributed by atoms with E-state index in [2.05, 4.69) is 5.32 Å². The SMILES string of the molecule is COc1ccc([N+](=O)[O-])c(OC)c1C(=O)Nc1cc(Cl)cc(Cl)c1. The van der Waals surface area contributed by atoms with Gasteiger partial charge in [0.15, 0.2) is 0 Å². The van der Waals surface area contributed by atoms with Crippen LogP contribution in [0.1, 0.15) is 10.4 Å². The molecule has 1 N–H and O–H groups in total. The monoisotopic (exact) mass is 370 g/mol. The van der Waals surface area contributed by atoms with Crippen molar-refractivity contribution in [2.24, 2.45) is 0 Å². The number of nitrogens with one attached hydrogen (secondary N) is 1. The van der Waals surface area contributed by atoms with Gasteiger partial charge in [0.05, 0.1) is 19.1 Å². The van der Waals surface area contributed by atoms with Gasteiger partial charge in [0.25, 0.3) is 5.91 Å². The Morgan fingerprint density at radius 3 is 2.25 bits per heavy atom. The van der Waals surface area contributed by atoms with Crippen LogP contribution in [0.4, 0.5) is 11.4 Å². The third kappa shape index (κ3) is 3.69. The van der Waals surface area contributed by atoms with E-state index in [1.54, 1.807) is 0 Å². The van der Waals surface area contributed by atoms with Gasteiger partial charge in [-0.2, -0.15) is 0 Å². The van der Waals surface area contributed by atoms with Gasteiger partial charge in [-0.15, -0.1) is 0 Å². The molecule has 0 saturated carbocycles. The summed E-state index contributed by atoms with van der Waals surface area (Å²) in [4.78, 5) is 23.1. The molecule has 0 saturated heterocycles. The summed E-state index contributed by atoms with van der Waals surface area (Å²) in [6.45, 7) is 0. The Balaban J connectivity index is 2.51. The van der Waals surface area contributed by atoms with Crippen LogP contribution in [0.15, 0.2) is 30.3 Å². The molecule has 2 aromatic rings. The van der Waals surface area contributed by atoms with Gasteiger partial charge < -0.3 is 14.8 Å². The fraction of sp³-hybridized carbons (Fsp3) is 0.133. The highest BCUT2D eigenvalue weighted by molar-refractivity contribution is 6.35. The minimum Gasteiger partial charge on any atom is -0.496 e. The lowest BCUT2D eigenvalue weighted by atomic mass is 10.1. The zero-order valence-corrected chi connectivity index (χ0v) is 14.1. The van der Waals surface area contributed by atoms with E-state index in [-0.39, 0.29) is 22.7 Å². The van der Waals surface area contributed by atoms with Crippen LogP contribution in [0.5, 0.6) is 11.5 Å². The number of halogens is 2. The summed E-state index contributed by atoms with van der Waals surface area (Å²) in [6.07, 6.45) is 0. The average Bonchev–Trinajstić information content (AvgIpc) is 2.51. The van der Waals surface area contributed by atoms with Crippen molar-refractivity contribution >= 4 is 40.5 Å². The predicted octanol–water partition coefficient (Wildman–Crippen LogP) is 4.17. The first kappa shape index (κ1) is 17.8. The van der Waals surface area contributed by atoms with Gasteiger partial charge >= 0.3 is 5.69 Å². The Morgan fingerprint density at radius 1 is 1.12 bits per heavy atom. The number of rotatable bonds is 5. The summed E-state index contributed by atoms with van der Waals surface area (Å²) in [5, 5.41) is 14.3. The molecular weight excluding hydrogens is 359 g/mol. The second kappa shape index (κ2) is 7.37. The van der Waals surface area contributed by atoms with Crippen molar-refractivity contribution in [3.8, 4) is 11.5 Å². The molecule has 0 radical (unpaired) electrons. The number of hydrogen-bond acceptors (Lipinski definition) is 5. The van der Waals surface area contributed by atoms with Crippen LogP contribution in [0.3, 0.4) is 0 Å². The molecule has 9 heteroatoms. The molecule has 0 fully saturated rings. The Morgan fingerprint density at radius 2 is 1.75 bits per heavy atom. The maximum Gasteiger partial charge on any atom is 0.312 e. The third-order valence-electron chi connectivity index (χ3n) is 3.07. The van der Waals surface area contributed by atoms with Crippen molar-refractivity contribution in [3.05, 3.63) is 56.1 Å². The van der Waals surface area contributed by atoms with Crippen LogP contribution < -0.4 is 14.8 Å². The summed E-state index contributed by atoms with van der Waals surface area (Å²) in [6, 6.07) is 7.00. The summed E-state index contributed by atoms with van der Waals surface area (Å²) >= 11 is 11.8. The Bertz CT molecular complexity index is 790. The van der Waals surface area contributed by atoms with Crippen LogP contribution >= 0.6 is 23.2 Å². The van der Waals surface area contributed by atoms with Gasteiger partial charge in [-0.25, -0.2) is 0 Å². The summed E-state index contributed by atoms with van der Waals surface area (Å²) in [5.74, 6) is -0.737. The number of methoxy groups -OCH3 is 2. The molecule has 0 bridgehead atoms. The Labute approximate surface area is 147 Å². The number of amides is 1. The van der Waals surface area contributed by atoms with Crippen molar-refractivity contribution in [2.45, 2.75) is 0 Å². The second-order valence-corrected chi connectivity index (χ2v) is 5.44. The minimum absolute atomic E-state index is 0.106. The quantitative estimate of drug-likeness (QED) is 0.629. The van der Waals surface area contributed by atoms with E-state index < -0.39 is 10.8 Å². The van der Waals surface area contributed by atoms with E-state index in [0.29, 0.717) is 15.7 Å². The topological polar surface area (TPSA) is 90.7 Å². The van der Waals surface area contributed by atoms with E-state index in [1.807, 2.05) is 0 Å². The number of carbonyl (C=O) groups is 1. The smallest absolute Gasteiger partial charge is 0.312 e. The van der Waals surface area contributed by atoms with Gasteiger partial charge in [0.1, 0.15) is 11.3 Å². The van der Waals surface area contributed by atoms with Gasteiger partial charge in [-0.05, 0) is 24.3 Å². The van der Waals surface area contributed by atoms with Gasteiger partial charge in [-0.1, -0.05) is 23.2 Å². The van der Waals surface area contributed by atoms with Gasteiger partial charge in [0.2, 0.25) is 5.75 Å². The first-order chi connectivity index (χ1) is 11.4. The van der Waals surface area contributed by atoms with Crippen LogP contribution in [-0.4, -0.2) is 25.1 Å². The number of anilines is 1. The molecule has 0 unspecified atom stereocenters. The number of hydrogen-bond donors (Lipinski definition) is 1. The molecule has 0 aliphatic carbocycles. The highest BCUT2D eigenvalue weighted by Crippen LogP contribution is 2.37. The lowest BCUT2D eigenvalue weighted by molar-refractivity contribution is -0.385. The zero-order valence-electron chi connectivity index (χ0n) is 12.6. The van der Waals surface area contributed by atoms with Crippen LogP contribution in [-0.2, 0) is 0 Å². The molecular formula is C15H12Cl2N2O5. The fourth-order valence-electron chi connectivity index (χ4n) is 2.11. The summed E-state index contributed by atoms with van der Waals surface area (Å²) in [7, 11) is 2.57. The van der Waals surface area contributed by atoms with Crippen molar-refractivity contribution in [2.75, 3.05) is 19.5 Å². The van der Waals surface area contributed by atoms with Crippen molar-refractivity contribution in [3.63, 3.8) is 0 Å². The summed E-state index contributed by atoms with van der Waals surface area (Å²) < 4.78 is 10.2. The van der Waals surface area contributed by atoms with E-state index in [1.165, 1.54) is 44.6 Å². The molecule has 0 aliphatic rings. The maximum absolute atomic E-state index is 12.6. The molecule has 0 atom stereocenters. The first-order valence-corrected chi connectivity index (χ1v) is 7.29. The normalized spacial score (nSPS) is 10.2. The second-order valence-electron chi connectivity index (χ2n) is 4.56. The number of nitro benzene ring substituents is 1. The highest BCUT2D eigenvalue weighted by atomic mass is 35.5. The molecule has 0 aromatic heterocycles. The Kier molecular flexibility index (Phi) is 5.48. The highest BCUT2D eigenvalue weighted by Gasteiger charge is 2.27. The van der Waals surface area contributed by atoms with Crippen LogP contribution in [0, 0.1) is 10.1 Å². The molecule has 7 nitrogen and oxygen atoms in total. The van der Waals surface area contributed by atoms with E-state index in [4.69, 9.17) is 32.7 Å². The molecule has 2 rings (SSSR count). The Hall–Kier alpha value is -2.51. The first-order valence-electron chi connectivity index (χ1n) is 6.54. The standard InChI is InChI=1S/C15H12Cl2N2O5/c1-23-12-4-3-11(19(21)22)14(24-2)13(12)15(20)18-10-6-8(16)5-9(17)7-10/h3-7H,1-2H3,(H,18,20). The summed E-state index contributed by atoms with van der Waals surface area (Å²) in [5.41, 5.74) is -0.133. The van der Waals surface area contributed by atoms with Crippen molar-refractivity contribution in [1.29, 1.82) is 0 Å². The van der Waals surface area contributed by atoms with Gasteiger partial charge in [0, 0.05) is 21.8 Å². The average molecular weight is 371 g/mol. The van der Waals surface area contributed by atoms with Crippen LogP contribution in [0.2, 0.25) is 10.0 Å². The molecule has 126 valence electrons. The molecule has 0 aliphatic heterocycles. The van der Waals surface area contributed by atoms with E-state index in [0.717, 1.165) is 0 Å². The molecule has 0 spiro atoms. The van der Waals surface area contributed by atoms with Gasteiger partial charge in [-0.3, -0.25) is 14.9 Å². The number of carbonyl (C=O) groups excluding carboxylic acids is 1. The number of nitrogens with zero attached hydrogens (tertiary/aromatic N) is 1. The molecule has 1 amide bonds. The maximum atomic E-state index is 12.6. The van der Waals surface area contributed by atoms with E-state index in [9.17, 15) is 14.9 Å². The number of nitro groups is 1. The van der Waals surface area contributed by atoms with Crippen LogP contribution in [0.25, 0.3) is 0 Å². The van der Waals surface area contributed by atoms with Crippen molar-refractivity contribution < 1.29 is 19.2 Å². The molecule has 24 heavy (non-hydrogen) atoms. The molecule has 2 aromatic carbocycles. The zero-order chi connectivity index (χ0) is 17.9. The van der Waals surface area contributed by atoms with E-state index >= 15 is 0 Å². The number of ether oxygens (including phenoxy) is 2. The lowest BCUT2D eigenvalue weighted by Gasteiger charge is -2.13. The fourth-order valence-corrected chi connectivity index (χ4v) is 2.63. The third-order valence-corrected chi connectivity index (χ3v) is 3.50. The molecule has 0 heterocycles. The van der Waals surface area contributed by atoms with Crippen molar-refractivity contribution in [1.82, 2.24) is 0 Å². The lowest BCUT2D eigenvalue weighted by Crippen LogP contribution is -2.15. The predicted molar refractivity (Wildman–Crippen MR) is 90.6 cm³/mol. The largest absolute Gasteiger partial charge is 0.496 e. The minimum atomic E-state index is -0.661.